The van der Waals surface area contributed by atoms with E-state index in [2.05, 4.69) is 4.18 Å². The van der Waals surface area contributed by atoms with Crippen molar-refractivity contribution >= 4 is 10.1 Å². The summed E-state index contributed by atoms with van der Waals surface area (Å²) in [6.07, 6.45) is -3.67. The van der Waals surface area contributed by atoms with Crippen LogP contribution in [0.4, 0.5) is 0 Å². The van der Waals surface area contributed by atoms with Gasteiger partial charge in [0.25, 0.3) is 10.1 Å². The van der Waals surface area contributed by atoms with Gasteiger partial charge in [0.2, 0.25) is 0 Å². The monoisotopic (exact) mass is 466 g/mol. The maximum Gasteiger partial charge on any atom is 0.267 e. The van der Waals surface area contributed by atoms with Gasteiger partial charge in [0.05, 0.1) is 38.8 Å². The van der Waals surface area contributed by atoms with Crippen LogP contribution in [0.25, 0.3) is 0 Å². The van der Waals surface area contributed by atoms with Crippen LogP contribution in [0.3, 0.4) is 0 Å². The minimum atomic E-state index is -3.88. The second-order valence-electron chi connectivity index (χ2n) is 7.59. The Labute approximate surface area is 189 Å². The predicted octanol–water partition coefficient (Wildman–Crippen LogP) is 2.11. The summed E-state index contributed by atoms with van der Waals surface area (Å²) in [5.74, 6) is -1.28. The zero-order valence-electron chi connectivity index (χ0n) is 18.2. The van der Waals surface area contributed by atoms with Crippen LogP contribution < -0.4 is 0 Å². The second kappa shape index (κ2) is 11.9. The molecule has 1 heterocycles. The average molecular weight is 467 g/mol. The van der Waals surface area contributed by atoms with Crippen molar-refractivity contribution in [3.63, 3.8) is 0 Å². The van der Waals surface area contributed by atoms with Crippen molar-refractivity contribution in [3.05, 3.63) is 71.8 Å². The van der Waals surface area contributed by atoms with E-state index in [4.69, 9.17) is 18.9 Å². The highest BCUT2D eigenvalue weighted by Crippen LogP contribution is 2.31. The number of methoxy groups -OCH3 is 1. The molecule has 32 heavy (non-hydrogen) atoms. The van der Waals surface area contributed by atoms with E-state index in [0.29, 0.717) is 6.61 Å². The number of rotatable bonds is 11. The van der Waals surface area contributed by atoms with Gasteiger partial charge in [0, 0.05) is 13.0 Å². The molecule has 0 saturated carbocycles. The fourth-order valence-electron chi connectivity index (χ4n) is 3.66. The van der Waals surface area contributed by atoms with Crippen LogP contribution in [-0.2, 0) is 46.5 Å². The maximum absolute atomic E-state index is 12.2. The number of aliphatic hydroxyl groups is 1. The third-order valence-corrected chi connectivity index (χ3v) is 6.68. The zero-order valence-corrected chi connectivity index (χ0v) is 19.0. The first-order chi connectivity index (χ1) is 15.4. The molecule has 2 aromatic rings. The Hall–Kier alpha value is -1.85. The van der Waals surface area contributed by atoms with Crippen LogP contribution in [-0.4, -0.2) is 64.7 Å². The zero-order chi connectivity index (χ0) is 23.0. The van der Waals surface area contributed by atoms with E-state index >= 15 is 0 Å². The van der Waals surface area contributed by atoms with Crippen LogP contribution >= 0.6 is 0 Å². The van der Waals surface area contributed by atoms with Gasteiger partial charge in [-0.05, 0) is 11.1 Å². The number of hydrogen-bond donors (Lipinski definition) is 1. The Morgan fingerprint density at radius 1 is 0.938 bits per heavy atom. The third-order valence-electron chi connectivity index (χ3n) is 5.38. The van der Waals surface area contributed by atoms with Gasteiger partial charge in [0.1, 0.15) is 12.2 Å². The fraction of sp³-hybridized carbons (Fsp3) is 0.478. The maximum atomic E-state index is 12.2. The first-order valence-corrected chi connectivity index (χ1v) is 11.9. The van der Waals surface area contributed by atoms with E-state index in [-0.39, 0.29) is 13.2 Å². The highest BCUT2D eigenvalue weighted by molar-refractivity contribution is 7.86. The van der Waals surface area contributed by atoms with E-state index in [0.717, 1.165) is 18.2 Å². The first kappa shape index (κ1) is 24.8. The van der Waals surface area contributed by atoms with Crippen LogP contribution in [0, 0.1) is 5.92 Å². The molecular formula is C23H30O8S. The number of ether oxygens (including phenoxy) is 4. The van der Waals surface area contributed by atoms with E-state index in [1.807, 2.05) is 60.7 Å². The topological polar surface area (TPSA) is 101 Å². The molecule has 0 amide bonds. The highest BCUT2D eigenvalue weighted by Gasteiger charge is 2.48. The molecule has 1 fully saturated rings. The minimum absolute atomic E-state index is 0.0604. The molecular weight excluding hydrogens is 436 g/mol. The summed E-state index contributed by atoms with van der Waals surface area (Å²) in [7, 11) is -1.34. The van der Waals surface area contributed by atoms with Gasteiger partial charge in [-0.2, -0.15) is 8.42 Å². The van der Waals surface area contributed by atoms with Gasteiger partial charge >= 0.3 is 0 Å². The lowest BCUT2D eigenvalue weighted by molar-refractivity contribution is -0.293. The summed E-state index contributed by atoms with van der Waals surface area (Å²) >= 11 is 0. The molecule has 0 unspecified atom stereocenters. The molecule has 1 aliphatic rings. The molecule has 2 aromatic carbocycles. The molecule has 0 aliphatic carbocycles. The van der Waals surface area contributed by atoms with E-state index in [9.17, 15) is 13.5 Å². The highest BCUT2D eigenvalue weighted by atomic mass is 32.2. The Morgan fingerprint density at radius 3 is 2.09 bits per heavy atom. The van der Waals surface area contributed by atoms with Crippen molar-refractivity contribution in [2.24, 2.45) is 5.92 Å². The molecule has 1 saturated heterocycles. The van der Waals surface area contributed by atoms with Gasteiger partial charge in [-0.25, -0.2) is 0 Å². The average Bonchev–Trinajstić information content (AvgIpc) is 2.81. The predicted molar refractivity (Wildman–Crippen MR) is 117 cm³/mol. The SMILES string of the molecule is CO[C@H]1O[C@H](COCc2ccccc2)[C@@H](O)[C@H](CS(=O)(=O)OC)[C@H]1OCc1ccccc1. The summed E-state index contributed by atoms with van der Waals surface area (Å²) in [5.41, 5.74) is 1.88. The van der Waals surface area contributed by atoms with Crippen molar-refractivity contribution in [3.8, 4) is 0 Å². The Bertz CT molecular complexity index is 906. The van der Waals surface area contributed by atoms with Crippen LogP contribution in [0.1, 0.15) is 11.1 Å². The summed E-state index contributed by atoms with van der Waals surface area (Å²) < 4.78 is 52.2. The van der Waals surface area contributed by atoms with Crippen LogP contribution in [0.2, 0.25) is 0 Å². The molecule has 176 valence electrons. The smallest absolute Gasteiger partial charge is 0.267 e. The Morgan fingerprint density at radius 2 is 1.53 bits per heavy atom. The van der Waals surface area contributed by atoms with Crippen LogP contribution in [0.5, 0.6) is 0 Å². The lowest BCUT2D eigenvalue weighted by atomic mass is 9.90. The van der Waals surface area contributed by atoms with E-state index < -0.39 is 46.4 Å². The number of benzene rings is 2. The van der Waals surface area contributed by atoms with Gasteiger partial charge in [-0.15, -0.1) is 0 Å². The quantitative estimate of drug-likeness (QED) is 0.503. The summed E-state index contributed by atoms with van der Waals surface area (Å²) in [6.45, 7) is 0.602. The molecule has 0 bridgehead atoms. The first-order valence-electron chi connectivity index (χ1n) is 10.4. The molecule has 1 N–H and O–H groups in total. The van der Waals surface area contributed by atoms with Crippen molar-refractivity contribution in [1.82, 2.24) is 0 Å². The second-order valence-corrected chi connectivity index (χ2v) is 9.37. The van der Waals surface area contributed by atoms with Crippen molar-refractivity contribution in [2.45, 2.75) is 37.8 Å². The summed E-state index contributed by atoms with van der Waals surface area (Å²) in [6, 6.07) is 19.0. The summed E-state index contributed by atoms with van der Waals surface area (Å²) in [5, 5.41) is 11.0. The van der Waals surface area contributed by atoms with Crippen molar-refractivity contribution < 1.29 is 36.7 Å². The molecule has 5 atom stereocenters. The lowest BCUT2D eigenvalue weighted by Crippen LogP contribution is -2.58. The standard InChI is InChI=1S/C23H30O8S/c1-27-23-22(30-14-18-11-7-4-8-12-18)19(16-32(25,26)28-2)21(24)20(31-23)15-29-13-17-9-5-3-6-10-17/h3-12,19-24H,13-16H2,1-2H3/t19-,20+,21-,22+,23-/m0/s1. The molecule has 3 rings (SSSR count). The molecule has 0 spiro atoms. The molecule has 0 radical (unpaired) electrons. The summed E-state index contributed by atoms with van der Waals surface area (Å²) in [4.78, 5) is 0. The Kier molecular flexibility index (Phi) is 9.18. The van der Waals surface area contributed by atoms with E-state index in [1.165, 1.54) is 7.11 Å². The van der Waals surface area contributed by atoms with Crippen molar-refractivity contribution in [1.29, 1.82) is 0 Å². The number of aliphatic hydroxyl groups excluding tert-OH is 1. The largest absolute Gasteiger partial charge is 0.390 e. The van der Waals surface area contributed by atoms with Crippen LogP contribution in [0.15, 0.2) is 60.7 Å². The van der Waals surface area contributed by atoms with Gasteiger partial charge in [0.15, 0.2) is 6.29 Å². The molecule has 8 nitrogen and oxygen atoms in total. The van der Waals surface area contributed by atoms with Gasteiger partial charge in [-0.1, -0.05) is 60.7 Å². The normalized spacial score (nSPS) is 26.2. The van der Waals surface area contributed by atoms with E-state index in [1.54, 1.807) is 0 Å². The van der Waals surface area contributed by atoms with Crippen molar-refractivity contribution in [2.75, 3.05) is 26.6 Å². The fourth-order valence-corrected chi connectivity index (χ4v) is 4.66. The lowest BCUT2D eigenvalue weighted by Gasteiger charge is -2.43. The molecule has 1 aliphatic heterocycles. The van der Waals surface area contributed by atoms with Gasteiger partial charge < -0.3 is 24.1 Å². The van der Waals surface area contributed by atoms with Gasteiger partial charge in [-0.3, -0.25) is 4.18 Å². The molecule has 0 aromatic heterocycles. The Balaban J connectivity index is 1.72. The number of hydrogen-bond acceptors (Lipinski definition) is 8. The molecule has 9 heteroatoms. The minimum Gasteiger partial charge on any atom is -0.390 e. The third kappa shape index (κ3) is 6.82.